The van der Waals surface area contributed by atoms with Crippen molar-refractivity contribution in [1.82, 2.24) is 4.98 Å². The molecule has 3 heterocycles. The second kappa shape index (κ2) is 8.19. The molecule has 0 aliphatic rings. The molecule has 4 nitrogen and oxygen atoms in total. The number of rotatable bonds is 5. The van der Waals surface area contributed by atoms with Crippen molar-refractivity contribution in [3.8, 4) is 22.1 Å². The van der Waals surface area contributed by atoms with E-state index in [0.29, 0.717) is 27.3 Å². The van der Waals surface area contributed by atoms with Gasteiger partial charge in [-0.15, -0.1) is 11.3 Å². The molecular formula is C24H13Cl2NO3S. The van der Waals surface area contributed by atoms with Gasteiger partial charge < -0.3 is 8.83 Å². The standard InChI is InChI=1S/C24H13Cl2NO3S/c25-16-8-5-14(13-17(16)26)20-11-12-21(30-20)19(28)9-6-15-7-10-22(29-15)24-27-18-3-1-2-4-23(18)31-24/h1-13H/b9-6+. The van der Waals surface area contributed by atoms with Gasteiger partial charge in [0, 0.05) is 5.56 Å². The van der Waals surface area contributed by atoms with Crippen LogP contribution in [-0.2, 0) is 0 Å². The largest absolute Gasteiger partial charge is 0.454 e. The van der Waals surface area contributed by atoms with Gasteiger partial charge in [-0.2, -0.15) is 0 Å². The van der Waals surface area contributed by atoms with Crippen molar-refractivity contribution in [3.05, 3.63) is 94.4 Å². The summed E-state index contributed by atoms with van der Waals surface area (Å²) >= 11 is 13.6. The second-order valence-corrected chi connectivity index (χ2v) is 8.52. The fraction of sp³-hybridized carbons (Fsp3) is 0. The molecule has 0 saturated heterocycles. The molecule has 0 atom stereocenters. The van der Waals surface area contributed by atoms with E-state index in [1.807, 2.05) is 30.3 Å². The Labute approximate surface area is 191 Å². The summed E-state index contributed by atoms with van der Waals surface area (Å²) in [6, 6.07) is 20.1. The quantitative estimate of drug-likeness (QED) is 0.194. The van der Waals surface area contributed by atoms with Gasteiger partial charge in [-0.05, 0) is 66.7 Å². The number of hydrogen-bond acceptors (Lipinski definition) is 5. The van der Waals surface area contributed by atoms with Crippen LogP contribution in [0, 0.1) is 0 Å². The second-order valence-electron chi connectivity index (χ2n) is 6.68. The van der Waals surface area contributed by atoms with E-state index in [-0.39, 0.29) is 11.5 Å². The topological polar surface area (TPSA) is 56.2 Å². The molecule has 3 aromatic heterocycles. The highest BCUT2D eigenvalue weighted by Crippen LogP contribution is 2.32. The van der Waals surface area contributed by atoms with Gasteiger partial charge >= 0.3 is 0 Å². The maximum atomic E-state index is 12.5. The van der Waals surface area contributed by atoms with Gasteiger partial charge in [0.05, 0.1) is 20.3 Å². The van der Waals surface area contributed by atoms with Gasteiger partial charge in [0.15, 0.2) is 16.5 Å². The van der Waals surface area contributed by atoms with Crippen LogP contribution in [0.4, 0.5) is 0 Å². The van der Waals surface area contributed by atoms with E-state index >= 15 is 0 Å². The summed E-state index contributed by atoms with van der Waals surface area (Å²) in [6.45, 7) is 0. The molecule has 7 heteroatoms. The molecule has 0 fully saturated rings. The average Bonchev–Trinajstić information content (AvgIpc) is 3.52. The van der Waals surface area contributed by atoms with E-state index in [1.54, 1.807) is 53.8 Å². The van der Waals surface area contributed by atoms with Crippen molar-refractivity contribution >= 4 is 56.6 Å². The number of ketones is 1. The zero-order valence-corrected chi connectivity index (χ0v) is 18.2. The first-order valence-electron chi connectivity index (χ1n) is 9.30. The lowest BCUT2D eigenvalue weighted by atomic mass is 10.2. The fourth-order valence-corrected chi connectivity index (χ4v) is 4.28. The van der Waals surface area contributed by atoms with Crippen LogP contribution in [0.2, 0.25) is 10.0 Å². The Hall–Kier alpha value is -3.12. The van der Waals surface area contributed by atoms with Gasteiger partial charge in [-0.25, -0.2) is 4.98 Å². The highest BCUT2D eigenvalue weighted by atomic mass is 35.5. The Morgan fingerprint density at radius 2 is 1.74 bits per heavy atom. The monoisotopic (exact) mass is 465 g/mol. The SMILES string of the molecule is O=C(/C=C/c1ccc(-c2nc3ccccc3s2)o1)c1ccc(-c2ccc(Cl)c(Cl)c2)o1. The Morgan fingerprint density at radius 3 is 2.58 bits per heavy atom. The van der Waals surface area contributed by atoms with Crippen molar-refractivity contribution < 1.29 is 13.6 Å². The van der Waals surface area contributed by atoms with Gasteiger partial charge in [0.1, 0.15) is 11.5 Å². The van der Waals surface area contributed by atoms with Crippen molar-refractivity contribution in [1.29, 1.82) is 0 Å². The molecule has 0 saturated carbocycles. The predicted molar refractivity (Wildman–Crippen MR) is 125 cm³/mol. The Balaban J connectivity index is 1.32. The number of carbonyl (C=O) groups is 1. The first kappa shape index (κ1) is 19.8. The number of para-hydroxylation sites is 1. The minimum atomic E-state index is -0.274. The van der Waals surface area contributed by atoms with Crippen LogP contribution in [0.15, 0.2) is 81.6 Å². The number of carbonyl (C=O) groups excluding carboxylic acids is 1. The van der Waals surface area contributed by atoms with Gasteiger partial charge in [-0.3, -0.25) is 4.79 Å². The van der Waals surface area contributed by atoms with Gasteiger partial charge in [0.2, 0.25) is 5.78 Å². The lowest BCUT2D eigenvalue weighted by molar-refractivity contribution is 0.102. The van der Waals surface area contributed by atoms with Crippen molar-refractivity contribution in [2.24, 2.45) is 0 Å². The third-order valence-corrected chi connectivity index (χ3v) is 6.37. The minimum Gasteiger partial charge on any atom is -0.454 e. The van der Waals surface area contributed by atoms with E-state index in [0.717, 1.165) is 20.8 Å². The molecule has 31 heavy (non-hydrogen) atoms. The van der Waals surface area contributed by atoms with Crippen molar-refractivity contribution in [3.63, 3.8) is 0 Å². The number of thiazole rings is 1. The molecule has 0 N–H and O–H groups in total. The Morgan fingerprint density at radius 1 is 0.903 bits per heavy atom. The van der Waals surface area contributed by atoms with Crippen molar-refractivity contribution in [2.75, 3.05) is 0 Å². The maximum absolute atomic E-state index is 12.5. The van der Waals surface area contributed by atoms with Crippen LogP contribution in [-0.4, -0.2) is 10.8 Å². The summed E-state index contributed by atoms with van der Waals surface area (Å²) in [7, 11) is 0. The zero-order valence-electron chi connectivity index (χ0n) is 15.8. The maximum Gasteiger partial charge on any atom is 0.221 e. The predicted octanol–water partition coefficient (Wildman–Crippen LogP) is 8.02. The number of hydrogen-bond donors (Lipinski definition) is 0. The fourth-order valence-electron chi connectivity index (χ4n) is 3.05. The zero-order chi connectivity index (χ0) is 21.4. The molecule has 0 radical (unpaired) electrons. The van der Waals surface area contributed by atoms with Crippen molar-refractivity contribution in [2.45, 2.75) is 0 Å². The molecule has 0 amide bonds. The summed E-state index contributed by atoms with van der Waals surface area (Å²) in [5.74, 6) is 1.69. The minimum absolute atomic E-state index is 0.218. The van der Waals surface area contributed by atoms with E-state index in [1.165, 1.54) is 6.08 Å². The van der Waals surface area contributed by atoms with Crippen LogP contribution in [0.25, 0.3) is 38.4 Å². The number of furan rings is 2. The first-order valence-corrected chi connectivity index (χ1v) is 10.9. The molecule has 152 valence electrons. The Bertz CT molecular complexity index is 1410. The molecule has 0 spiro atoms. The van der Waals surface area contributed by atoms with E-state index in [9.17, 15) is 4.79 Å². The van der Waals surface area contributed by atoms with Crippen LogP contribution in [0.5, 0.6) is 0 Å². The summed E-state index contributed by atoms with van der Waals surface area (Å²) in [4.78, 5) is 17.1. The molecule has 0 aliphatic carbocycles. The molecule has 5 aromatic rings. The summed E-state index contributed by atoms with van der Waals surface area (Å²) in [6.07, 6.45) is 3.03. The average molecular weight is 466 g/mol. The van der Waals surface area contributed by atoms with Crippen LogP contribution in [0.3, 0.4) is 0 Å². The van der Waals surface area contributed by atoms with Crippen LogP contribution in [0.1, 0.15) is 16.3 Å². The van der Waals surface area contributed by atoms with Crippen LogP contribution >= 0.6 is 34.5 Å². The molecule has 5 rings (SSSR count). The number of aromatic nitrogens is 1. The lowest BCUT2D eigenvalue weighted by Crippen LogP contribution is -1.90. The highest BCUT2D eigenvalue weighted by Gasteiger charge is 2.12. The lowest BCUT2D eigenvalue weighted by Gasteiger charge is -1.99. The summed E-state index contributed by atoms with van der Waals surface area (Å²) in [5.41, 5.74) is 1.67. The van der Waals surface area contributed by atoms with E-state index in [4.69, 9.17) is 32.0 Å². The van der Waals surface area contributed by atoms with Crippen LogP contribution < -0.4 is 0 Å². The Kier molecular flexibility index (Phi) is 5.24. The van der Waals surface area contributed by atoms with Gasteiger partial charge in [0.25, 0.3) is 0 Å². The molecule has 0 aliphatic heterocycles. The number of fused-ring (bicyclic) bond motifs is 1. The third-order valence-electron chi connectivity index (χ3n) is 4.58. The molecular weight excluding hydrogens is 453 g/mol. The summed E-state index contributed by atoms with van der Waals surface area (Å²) in [5, 5.41) is 1.68. The van der Waals surface area contributed by atoms with E-state index < -0.39 is 0 Å². The smallest absolute Gasteiger partial charge is 0.221 e. The molecule has 2 aromatic carbocycles. The normalized spacial score (nSPS) is 11.5. The molecule has 0 unspecified atom stereocenters. The van der Waals surface area contributed by atoms with Gasteiger partial charge in [-0.1, -0.05) is 35.3 Å². The molecule has 0 bridgehead atoms. The van der Waals surface area contributed by atoms with E-state index in [2.05, 4.69) is 4.98 Å². The summed E-state index contributed by atoms with van der Waals surface area (Å²) < 4.78 is 12.6. The first-order chi connectivity index (χ1) is 15.1. The highest BCUT2D eigenvalue weighted by molar-refractivity contribution is 7.21. The number of benzene rings is 2. The number of halogens is 2. The number of nitrogens with zero attached hydrogens (tertiary/aromatic N) is 1. The third kappa shape index (κ3) is 4.08. The number of allylic oxidation sites excluding steroid dienone is 1.